The van der Waals surface area contributed by atoms with Crippen molar-refractivity contribution < 1.29 is 17.9 Å². The molecule has 0 spiro atoms. The number of nitrogens with zero attached hydrogens (tertiary/aromatic N) is 1. The Hall–Kier alpha value is -2.38. The molecule has 1 N–H and O–H groups in total. The Labute approximate surface area is 179 Å². The smallest absolute Gasteiger partial charge is 0.243 e. The number of nitrogens with one attached hydrogen (secondary N) is 1. The zero-order chi connectivity index (χ0) is 21.6. The normalized spacial score (nSPS) is 16.7. The standard InChI is InChI=1S/C23H30N2O4S/c1-18(8-9-19-6-4-3-5-7-19)24-23(26)20-14-16-25(17-15-20)30(27,28)22-12-10-21(29-2)11-13-22/h3-7,10-13,18,20H,8-9,14-17H2,1-2H3,(H,24,26)/t18-/m1/s1. The van der Waals surface area contributed by atoms with Crippen LogP contribution in [0.1, 0.15) is 31.7 Å². The lowest BCUT2D eigenvalue weighted by atomic mass is 9.96. The minimum Gasteiger partial charge on any atom is -0.497 e. The van der Waals surface area contributed by atoms with E-state index in [9.17, 15) is 13.2 Å². The van der Waals surface area contributed by atoms with Crippen LogP contribution in [0.5, 0.6) is 5.75 Å². The van der Waals surface area contributed by atoms with Crippen molar-refractivity contribution in [1.82, 2.24) is 9.62 Å². The highest BCUT2D eigenvalue weighted by atomic mass is 32.2. The molecular formula is C23H30N2O4S. The number of hydrogen-bond acceptors (Lipinski definition) is 4. The van der Waals surface area contributed by atoms with Crippen LogP contribution in [0.15, 0.2) is 59.5 Å². The molecule has 30 heavy (non-hydrogen) atoms. The maximum atomic E-state index is 12.8. The van der Waals surface area contributed by atoms with Gasteiger partial charge in [-0.25, -0.2) is 8.42 Å². The van der Waals surface area contributed by atoms with E-state index in [0.29, 0.717) is 31.7 Å². The number of amides is 1. The SMILES string of the molecule is COc1ccc(S(=O)(=O)N2CCC(C(=O)N[C@H](C)CCc3ccccc3)CC2)cc1. The fourth-order valence-corrected chi connectivity index (χ4v) is 5.19. The van der Waals surface area contributed by atoms with Crippen molar-refractivity contribution in [1.29, 1.82) is 0 Å². The van der Waals surface area contributed by atoms with E-state index in [2.05, 4.69) is 17.4 Å². The Morgan fingerprint density at radius 1 is 1.10 bits per heavy atom. The molecule has 1 saturated heterocycles. The second-order valence-corrected chi connectivity index (χ2v) is 9.73. The van der Waals surface area contributed by atoms with Crippen molar-refractivity contribution in [3.63, 3.8) is 0 Å². The van der Waals surface area contributed by atoms with Gasteiger partial charge in [-0.1, -0.05) is 30.3 Å². The molecule has 162 valence electrons. The predicted molar refractivity (Wildman–Crippen MR) is 117 cm³/mol. The first kappa shape index (κ1) is 22.3. The van der Waals surface area contributed by atoms with Crippen LogP contribution in [-0.2, 0) is 21.2 Å². The van der Waals surface area contributed by atoms with Crippen molar-refractivity contribution in [3.8, 4) is 5.75 Å². The quantitative estimate of drug-likeness (QED) is 0.698. The highest BCUT2D eigenvalue weighted by molar-refractivity contribution is 7.89. The van der Waals surface area contributed by atoms with Gasteiger partial charge in [-0.2, -0.15) is 4.31 Å². The van der Waals surface area contributed by atoms with E-state index in [1.165, 1.54) is 9.87 Å². The summed E-state index contributed by atoms with van der Waals surface area (Å²) in [4.78, 5) is 12.9. The summed E-state index contributed by atoms with van der Waals surface area (Å²) in [5.41, 5.74) is 1.26. The molecule has 0 aliphatic carbocycles. The maximum Gasteiger partial charge on any atom is 0.243 e. The Bertz CT molecular complexity index is 921. The van der Waals surface area contributed by atoms with E-state index in [1.54, 1.807) is 31.4 Å². The van der Waals surface area contributed by atoms with Crippen molar-refractivity contribution >= 4 is 15.9 Å². The topological polar surface area (TPSA) is 75.7 Å². The third kappa shape index (κ3) is 5.61. The lowest BCUT2D eigenvalue weighted by Gasteiger charge is -2.31. The molecule has 1 fully saturated rings. The lowest BCUT2D eigenvalue weighted by molar-refractivity contribution is -0.126. The molecule has 3 rings (SSSR count). The number of carbonyl (C=O) groups is 1. The number of ether oxygens (including phenoxy) is 1. The van der Waals surface area contributed by atoms with E-state index in [0.717, 1.165) is 12.8 Å². The van der Waals surface area contributed by atoms with E-state index in [-0.39, 0.29) is 22.8 Å². The van der Waals surface area contributed by atoms with Crippen LogP contribution in [0, 0.1) is 5.92 Å². The van der Waals surface area contributed by atoms with Crippen molar-refractivity contribution in [2.75, 3.05) is 20.2 Å². The summed E-state index contributed by atoms with van der Waals surface area (Å²) in [6.45, 7) is 2.72. The van der Waals surface area contributed by atoms with Crippen molar-refractivity contribution in [3.05, 3.63) is 60.2 Å². The minimum atomic E-state index is -3.55. The first-order valence-corrected chi connectivity index (χ1v) is 11.8. The van der Waals surface area contributed by atoms with Gasteiger partial charge in [-0.3, -0.25) is 4.79 Å². The maximum absolute atomic E-state index is 12.8. The molecule has 7 heteroatoms. The predicted octanol–water partition coefficient (Wildman–Crippen LogP) is 3.23. The number of hydrogen-bond donors (Lipinski definition) is 1. The molecule has 2 aromatic carbocycles. The first-order valence-electron chi connectivity index (χ1n) is 10.4. The van der Waals surface area contributed by atoms with E-state index < -0.39 is 10.0 Å². The average molecular weight is 431 g/mol. The number of aryl methyl sites for hydroxylation is 1. The number of carbonyl (C=O) groups excluding carboxylic acids is 1. The van der Waals surface area contributed by atoms with Crippen LogP contribution in [0.25, 0.3) is 0 Å². The van der Waals surface area contributed by atoms with Crippen LogP contribution < -0.4 is 10.1 Å². The molecule has 2 aromatic rings. The zero-order valence-electron chi connectivity index (χ0n) is 17.6. The van der Waals surface area contributed by atoms with Gasteiger partial charge >= 0.3 is 0 Å². The Morgan fingerprint density at radius 2 is 1.73 bits per heavy atom. The summed E-state index contributed by atoms with van der Waals surface area (Å²) in [5.74, 6) is 0.495. The summed E-state index contributed by atoms with van der Waals surface area (Å²) in [6.07, 6.45) is 2.86. The number of rotatable bonds is 8. The summed E-state index contributed by atoms with van der Waals surface area (Å²) >= 11 is 0. The van der Waals surface area contributed by atoms with Crippen LogP contribution in [-0.4, -0.2) is 44.9 Å². The van der Waals surface area contributed by atoms with Crippen molar-refractivity contribution in [2.45, 2.75) is 43.5 Å². The number of sulfonamides is 1. The van der Waals surface area contributed by atoms with Crippen LogP contribution in [0.2, 0.25) is 0 Å². The molecule has 1 aliphatic rings. The van der Waals surface area contributed by atoms with Crippen LogP contribution in [0.3, 0.4) is 0 Å². The lowest BCUT2D eigenvalue weighted by Crippen LogP contribution is -2.44. The molecule has 0 unspecified atom stereocenters. The van der Waals surface area contributed by atoms with Crippen LogP contribution in [0.4, 0.5) is 0 Å². The summed E-state index contributed by atoms with van der Waals surface area (Å²) in [7, 11) is -2.01. The van der Waals surface area contributed by atoms with Gasteiger partial charge in [0.15, 0.2) is 0 Å². The fourth-order valence-electron chi connectivity index (χ4n) is 3.72. The first-order chi connectivity index (χ1) is 14.4. The highest BCUT2D eigenvalue weighted by Gasteiger charge is 2.32. The van der Waals surface area contributed by atoms with Gasteiger partial charge in [-0.05, 0) is 62.4 Å². The number of methoxy groups -OCH3 is 1. The van der Waals surface area contributed by atoms with Crippen molar-refractivity contribution in [2.24, 2.45) is 5.92 Å². The molecule has 1 aliphatic heterocycles. The second kappa shape index (κ2) is 10.1. The summed E-state index contributed by atoms with van der Waals surface area (Å²) < 4.78 is 32.2. The minimum absolute atomic E-state index is 0.0251. The van der Waals surface area contributed by atoms with Gasteiger partial charge in [0.2, 0.25) is 15.9 Å². The fraction of sp³-hybridized carbons (Fsp3) is 0.435. The van der Waals surface area contributed by atoms with Gasteiger partial charge in [0.1, 0.15) is 5.75 Å². The summed E-state index contributed by atoms with van der Waals surface area (Å²) in [6, 6.07) is 16.7. The second-order valence-electron chi connectivity index (χ2n) is 7.79. The summed E-state index contributed by atoms with van der Waals surface area (Å²) in [5, 5.41) is 3.10. The molecule has 1 amide bonds. The van der Waals surface area contributed by atoms with Gasteiger partial charge in [0, 0.05) is 25.0 Å². The van der Waals surface area contributed by atoms with E-state index >= 15 is 0 Å². The van der Waals surface area contributed by atoms with Gasteiger partial charge < -0.3 is 10.1 Å². The molecule has 0 aromatic heterocycles. The van der Waals surface area contributed by atoms with Gasteiger partial charge in [-0.15, -0.1) is 0 Å². The largest absolute Gasteiger partial charge is 0.497 e. The molecule has 1 heterocycles. The third-order valence-corrected chi connectivity index (χ3v) is 7.53. The Morgan fingerprint density at radius 3 is 2.33 bits per heavy atom. The molecule has 0 radical (unpaired) electrons. The Balaban J connectivity index is 1.48. The zero-order valence-corrected chi connectivity index (χ0v) is 18.4. The van der Waals surface area contributed by atoms with E-state index in [4.69, 9.17) is 4.74 Å². The number of benzene rings is 2. The van der Waals surface area contributed by atoms with Gasteiger partial charge in [0.25, 0.3) is 0 Å². The monoisotopic (exact) mass is 430 g/mol. The highest BCUT2D eigenvalue weighted by Crippen LogP contribution is 2.25. The van der Waals surface area contributed by atoms with E-state index in [1.807, 2.05) is 25.1 Å². The Kier molecular flexibility index (Phi) is 7.50. The number of piperidine rings is 1. The third-order valence-electron chi connectivity index (χ3n) is 5.62. The molecule has 0 saturated carbocycles. The molecule has 0 bridgehead atoms. The van der Waals surface area contributed by atoms with Gasteiger partial charge in [0.05, 0.1) is 12.0 Å². The molecular weight excluding hydrogens is 400 g/mol. The van der Waals surface area contributed by atoms with Crippen LogP contribution >= 0.6 is 0 Å². The average Bonchev–Trinajstić information content (AvgIpc) is 2.78. The molecule has 1 atom stereocenters. The molecule has 6 nitrogen and oxygen atoms in total.